The van der Waals surface area contributed by atoms with Crippen molar-refractivity contribution in [2.24, 2.45) is 0 Å². The van der Waals surface area contributed by atoms with Crippen LogP contribution in [0.3, 0.4) is 0 Å². The fraction of sp³-hybridized carbons (Fsp3) is 0.200. The summed E-state index contributed by atoms with van der Waals surface area (Å²) in [6.07, 6.45) is 0.879. The summed E-state index contributed by atoms with van der Waals surface area (Å²) in [6, 6.07) is 15.4. The van der Waals surface area contributed by atoms with Gasteiger partial charge in [0.15, 0.2) is 0 Å². The Morgan fingerprint density at radius 2 is 1.89 bits per heavy atom. The molecule has 0 unspecified atom stereocenters. The van der Waals surface area contributed by atoms with Crippen molar-refractivity contribution in [3.05, 3.63) is 69.8 Å². The number of hydrogen-bond donors (Lipinski definition) is 0. The van der Waals surface area contributed by atoms with E-state index < -0.39 is 0 Å². The van der Waals surface area contributed by atoms with E-state index in [1.165, 1.54) is 5.56 Å². The highest BCUT2D eigenvalue weighted by Crippen LogP contribution is 2.37. The molecule has 4 heteroatoms. The number of rotatable bonds is 3. The van der Waals surface area contributed by atoms with E-state index in [1.807, 2.05) is 36.4 Å². The molecule has 19 heavy (non-hydrogen) atoms. The minimum Gasteiger partial charge on any atom is -0.361 e. The van der Waals surface area contributed by atoms with Gasteiger partial charge in [0.25, 0.3) is 5.69 Å². The number of nitro benzene ring substituents is 1. The van der Waals surface area contributed by atoms with Crippen LogP contribution in [-0.2, 0) is 13.0 Å². The molecule has 0 fully saturated rings. The van der Waals surface area contributed by atoms with Crippen LogP contribution < -0.4 is 4.90 Å². The Labute approximate surface area is 111 Å². The first-order chi connectivity index (χ1) is 9.25. The fourth-order valence-electron chi connectivity index (χ4n) is 2.62. The van der Waals surface area contributed by atoms with E-state index in [1.54, 1.807) is 12.1 Å². The van der Waals surface area contributed by atoms with Crippen LogP contribution in [0.5, 0.6) is 0 Å². The number of fused-ring (bicyclic) bond motifs is 1. The third kappa shape index (κ3) is 2.17. The molecule has 2 aromatic rings. The van der Waals surface area contributed by atoms with Gasteiger partial charge in [-0.05, 0) is 17.5 Å². The molecule has 1 aliphatic heterocycles. The van der Waals surface area contributed by atoms with Crippen molar-refractivity contribution >= 4 is 11.4 Å². The van der Waals surface area contributed by atoms with E-state index in [4.69, 9.17) is 0 Å². The zero-order valence-electron chi connectivity index (χ0n) is 10.5. The largest absolute Gasteiger partial charge is 0.361 e. The lowest BCUT2D eigenvalue weighted by atomic mass is 10.1. The van der Waals surface area contributed by atoms with Crippen LogP contribution in [0.15, 0.2) is 48.5 Å². The molecule has 2 aromatic carbocycles. The first-order valence-electron chi connectivity index (χ1n) is 6.31. The maximum atomic E-state index is 11.1. The highest BCUT2D eigenvalue weighted by Gasteiger charge is 2.27. The summed E-state index contributed by atoms with van der Waals surface area (Å²) in [4.78, 5) is 12.9. The Kier molecular flexibility index (Phi) is 2.91. The summed E-state index contributed by atoms with van der Waals surface area (Å²) in [7, 11) is 0. The Morgan fingerprint density at radius 1 is 1.11 bits per heavy atom. The van der Waals surface area contributed by atoms with Gasteiger partial charge in [0.2, 0.25) is 0 Å². The van der Waals surface area contributed by atoms with Crippen LogP contribution in [0.2, 0.25) is 0 Å². The van der Waals surface area contributed by atoms with Gasteiger partial charge in [-0.1, -0.05) is 42.5 Å². The Morgan fingerprint density at radius 3 is 2.63 bits per heavy atom. The van der Waals surface area contributed by atoms with E-state index in [9.17, 15) is 10.1 Å². The van der Waals surface area contributed by atoms with Crippen molar-refractivity contribution in [2.45, 2.75) is 13.0 Å². The molecule has 1 aliphatic rings. The Bertz CT molecular complexity index is 611. The van der Waals surface area contributed by atoms with Crippen LogP contribution in [0.1, 0.15) is 11.1 Å². The molecule has 4 nitrogen and oxygen atoms in total. The monoisotopic (exact) mass is 254 g/mol. The third-order valence-corrected chi connectivity index (χ3v) is 3.48. The molecule has 1 heterocycles. The van der Waals surface area contributed by atoms with Crippen molar-refractivity contribution in [1.82, 2.24) is 0 Å². The van der Waals surface area contributed by atoms with Crippen LogP contribution in [0, 0.1) is 10.1 Å². The summed E-state index contributed by atoms with van der Waals surface area (Å²) in [6.45, 7) is 1.56. The maximum absolute atomic E-state index is 11.1. The van der Waals surface area contributed by atoms with Crippen molar-refractivity contribution in [3.8, 4) is 0 Å². The molecule has 0 aliphatic carbocycles. The van der Waals surface area contributed by atoms with E-state index in [0.29, 0.717) is 0 Å². The van der Waals surface area contributed by atoms with Crippen LogP contribution in [-0.4, -0.2) is 11.5 Å². The molecule has 0 bridgehead atoms. The molecule has 0 spiro atoms. The van der Waals surface area contributed by atoms with Gasteiger partial charge in [0.05, 0.1) is 4.92 Å². The first kappa shape index (κ1) is 11.7. The van der Waals surface area contributed by atoms with E-state index in [2.05, 4.69) is 4.90 Å². The summed E-state index contributed by atoms with van der Waals surface area (Å²) in [5, 5.41) is 11.1. The number of hydrogen-bond acceptors (Lipinski definition) is 3. The number of nitrogens with zero attached hydrogens (tertiary/aromatic N) is 2. The van der Waals surface area contributed by atoms with Gasteiger partial charge < -0.3 is 4.90 Å². The number of anilines is 1. The lowest BCUT2D eigenvalue weighted by molar-refractivity contribution is -0.384. The second kappa shape index (κ2) is 4.72. The predicted octanol–water partition coefficient (Wildman–Crippen LogP) is 3.16. The molecule has 96 valence electrons. The van der Waals surface area contributed by atoms with E-state index in [-0.39, 0.29) is 10.6 Å². The van der Waals surface area contributed by atoms with Gasteiger partial charge >= 0.3 is 0 Å². The molecule has 0 atom stereocenters. The van der Waals surface area contributed by atoms with E-state index >= 15 is 0 Å². The molecule has 0 amide bonds. The normalized spacial score (nSPS) is 13.4. The highest BCUT2D eigenvalue weighted by atomic mass is 16.6. The van der Waals surface area contributed by atoms with E-state index in [0.717, 1.165) is 30.8 Å². The summed E-state index contributed by atoms with van der Waals surface area (Å²) in [5.41, 5.74) is 3.25. The second-order valence-corrected chi connectivity index (χ2v) is 4.70. The number of para-hydroxylation sites is 1. The molecular formula is C15H14N2O2. The van der Waals surface area contributed by atoms with Crippen molar-refractivity contribution in [3.63, 3.8) is 0 Å². The van der Waals surface area contributed by atoms with Gasteiger partial charge in [-0.15, -0.1) is 0 Å². The quantitative estimate of drug-likeness (QED) is 0.624. The maximum Gasteiger partial charge on any atom is 0.292 e. The average Bonchev–Trinajstić information content (AvgIpc) is 2.83. The average molecular weight is 254 g/mol. The van der Waals surface area contributed by atoms with Gasteiger partial charge in [-0.3, -0.25) is 10.1 Å². The van der Waals surface area contributed by atoms with Crippen molar-refractivity contribution in [2.75, 3.05) is 11.4 Å². The first-order valence-corrected chi connectivity index (χ1v) is 6.31. The van der Waals surface area contributed by atoms with Crippen LogP contribution in [0.25, 0.3) is 0 Å². The summed E-state index contributed by atoms with van der Waals surface area (Å²) in [5.74, 6) is 0. The minimum atomic E-state index is -0.290. The topological polar surface area (TPSA) is 46.4 Å². The van der Waals surface area contributed by atoms with Gasteiger partial charge in [-0.2, -0.15) is 0 Å². The van der Waals surface area contributed by atoms with Crippen LogP contribution in [0.4, 0.5) is 11.4 Å². The number of nitro groups is 1. The Hall–Kier alpha value is -2.36. The fourth-order valence-corrected chi connectivity index (χ4v) is 2.62. The molecule has 0 N–H and O–H groups in total. The minimum absolute atomic E-state index is 0.214. The second-order valence-electron chi connectivity index (χ2n) is 4.70. The van der Waals surface area contributed by atoms with Gasteiger partial charge in [-0.25, -0.2) is 0 Å². The SMILES string of the molecule is O=[N+]([O-])c1cccc2c1N(Cc1ccccc1)CC2. The summed E-state index contributed by atoms with van der Waals surface area (Å²) < 4.78 is 0. The lowest BCUT2D eigenvalue weighted by Gasteiger charge is -2.19. The highest BCUT2D eigenvalue weighted by molar-refractivity contribution is 5.70. The zero-order valence-corrected chi connectivity index (χ0v) is 10.5. The smallest absolute Gasteiger partial charge is 0.292 e. The number of benzene rings is 2. The molecule has 0 saturated carbocycles. The molecule has 3 rings (SSSR count). The Balaban J connectivity index is 1.95. The standard InChI is InChI=1S/C15H14N2O2/c18-17(19)14-8-4-7-13-9-10-16(15(13)14)11-12-5-2-1-3-6-12/h1-8H,9-11H2. The third-order valence-electron chi connectivity index (χ3n) is 3.48. The summed E-state index contributed by atoms with van der Waals surface area (Å²) >= 11 is 0. The van der Waals surface area contributed by atoms with Gasteiger partial charge in [0, 0.05) is 19.2 Å². The van der Waals surface area contributed by atoms with Gasteiger partial charge in [0.1, 0.15) is 5.69 Å². The molecule has 0 radical (unpaired) electrons. The molecular weight excluding hydrogens is 240 g/mol. The van der Waals surface area contributed by atoms with Crippen molar-refractivity contribution < 1.29 is 4.92 Å². The molecule has 0 saturated heterocycles. The zero-order chi connectivity index (χ0) is 13.2. The molecule has 0 aromatic heterocycles. The lowest BCUT2D eigenvalue weighted by Crippen LogP contribution is -2.20. The van der Waals surface area contributed by atoms with Crippen molar-refractivity contribution in [1.29, 1.82) is 0 Å². The van der Waals surface area contributed by atoms with Crippen LogP contribution >= 0.6 is 0 Å². The predicted molar refractivity (Wildman–Crippen MR) is 74.3 cm³/mol.